The van der Waals surface area contributed by atoms with Crippen LogP contribution in [0.5, 0.6) is 11.5 Å². The summed E-state index contributed by atoms with van der Waals surface area (Å²) in [6, 6.07) is 15.7. The minimum absolute atomic E-state index is 0.0796. The van der Waals surface area contributed by atoms with Gasteiger partial charge in [0, 0.05) is 25.6 Å². The molecule has 1 aliphatic heterocycles. The number of hydrogen-bond donors (Lipinski definition) is 1. The molecule has 194 valence electrons. The highest BCUT2D eigenvalue weighted by Crippen LogP contribution is 2.39. The van der Waals surface area contributed by atoms with E-state index in [9.17, 15) is 9.59 Å². The highest BCUT2D eigenvalue weighted by atomic mass is 16.6. The Labute approximate surface area is 214 Å². The Morgan fingerprint density at radius 1 is 1.00 bits per heavy atom. The van der Waals surface area contributed by atoms with E-state index in [-0.39, 0.29) is 17.9 Å². The highest BCUT2D eigenvalue weighted by Gasteiger charge is 2.42. The molecule has 2 aromatic carbocycles. The SMILES string of the molecule is COc1ccc(C2CN(C(=O)OC(C)(C)C)CC2C(=O)NCc2ccccc2)cc1OC1CCCC1. The van der Waals surface area contributed by atoms with Crippen LogP contribution in [-0.2, 0) is 16.1 Å². The van der Waals surface area contributed by atoms with E-state index in [0.717, 1.165) is 24.0 Å². The fraction of sp³-hybridized carbons (Fsp3) is 0.517. The summed E-state index contributed by atoms with van der Waals surface area (Å²) in [5.41, 5.74) is 1.37. The van der Waals surface area contributed by atoms with Crippen LogP contribution in [0.25, 0.3) is 0 Å². The fourth-order valence-electron chi connectivity index (χ4n) is 5.00. The standard InChI is InChI=1S/C29H38N2O5/c1-29(2,3)36-28(33)31-18-23(24(19-31)27(32)30-17-20-10-6-5-7-11-20)21-14-15-25(34-4)26(16-21)35-22-12-8-9-13-22/h5-7,10-11,14-16,22-24H,8-9,12-13,17-19H2,1-4H3,(H,30,32). The molecular formula is C29H38N2O5. The lowest BCUT2D eigenvalue weighted by Crippen LogP contribution is -2.37. The summed E-state index contributed by atoms with van der Waals surface area (Å²) in [5, 5.41) is 3.07. The minimum Gasteiger partial charge on any atom is -0.493 e. The van der Waals surface area contributed by atoms with Crippen molar-refractivity contribution in [2.24, 2.45) is 5.92 Å². The number of likely N-dealkylation sites (tertiary alicyclic amines) is 1. The number of nitrogens with one attached hydrogen (secondary N) is 1. The predicted molar refractivity (Wildman–Crippen MR) is 138 cm³/mol. The molecule has 2 amide bonds. The van der Waals surface area contributed by atoms with Crippen molar-refractivity contribution in [1.82, 2.24) is 10.2 Å². The molecule has 2 aliphatic rings. The summed E-state index contributed by atoms with van der Waals surface area (Å²) in [6.07, 6.45) is 4.19. The van der Waals surface area contributed by atoms with Crippen LogP contribution in [0.4, 0.5) is 4.79 Å². The van der Waals surface area contributed by atoms with Crippen molar-refractivity contribution in [3.05, 3.63) is 59.7 Å². The van der Waals surface area contributed by atoms with Crippen LogP contribution in [0.3, 0.4) is 0 Å². The summed E-state index contributed by atoms with van der Waals surface area (Å²) in [5.74, 6) is 0.696. The van der Waals surface area contributed by atoms with Crippen LogP contribution in [0.1, 0.15) is 63.5 Å². The van der Waals surface area contributed by atoms with E-state index in [0.29, 0.717) is 31.1 Å². The van der Waals surface area contributed by atoms with Crippen molar-refractivity contribution in [3.8, 4) is 11.5 Å². The van der Waals surface area contributed by atoms with Crippen LogP contribution in [0.15, 0.2) is 48.5 Å². The molecule has 1 N–H and O–H groups in total. The third-order valence-corrected chi connectivity index (χ3v) is 6.83. The van der Waals surface area contributed by atoms with Gasteiger partial charge in [-0.2, -0.15) is 0 Å². The van der Waals surface area contributed by atoms with Gasteiger partial charge in [-0.15, -0.1) is 0 Å². The number of carbonyl (C=O) groups excluding carboxylic acids is 2. The van der Waals surface area contributed by atoms with Crippen molar-refractivity contribution >= 4 is 12.0 Å². The van der Waals surface area contributed by atoms with Gasteiger partial charge in [-0.3, -0.25) is 4.79 Å². The molecule has 1 saturated carbocycles. The molecule has 2 aromatic rings. The van der Waals surface area contributed by atoms with Crippen molar-refractivity contribution in [1.29, 1.82) is 0 Å². The summed E-state index contributed by atoms with van der Waals surface area (Å²) >= 11 is 0. The van der Waals surface area contributed by atoms with Gasteiger partial charge in [-0.25, -0.2) is 4.79 Å². The molecule has 1 saturated heterocycles. The molecule has 2 atom stereocenters. The van der Waals surface area contributed by atoms with Gasteiger partial charge in [0.1, 0.15) is 5.60 Å². The third kappa shape index (κ3) is 6.50. The van der Waals surface area contributed by atoms with Gasteiger partial charge in [0.05, 0.1) is 19.1 Å². The molecule has 0 radical (unpaired) electrons. The first-order valence-corrected chi connectivity index (χ1v) is 12.9. The quantitative estimate of drug-likeness (QED) is 0.566. The van der Waals surface area contributed by atoms with E-state index in [1.807, 2.05) is 69.3 Å². The van der Waals surface area contributed by atoms with E-state index in [2.05, 4.69) is 5.32 Å². The molecule has 2 unspecified atom stereocenters. The normalized spacial score (nSPS) is 20.3. The molecule has 4 rings (SSSR count). The first-order valence-electron chi connectivity index (χ1n) is 12.9. The van der Waals surface area contributed by atoms with Gasteiger partial charge >= 0.3 is 6.09 Å². The Morgan fingerprint density at radius 3 is 2.39 bits per heavy atom. The summed E-state index contributed by atoms with van der Waals surface area (Å²) in [6.45, 7) is 6.67. The number of benzene rings is 2. The van der Waals surface area contributed by atoms with Gasteiger partial charge in [0.2, 0.25) is 5.91 Å². The molecule has 2 fully saturated rings. The Balaban J connectivity index is 1.57. The lowest BCUT2D eigenvalue weighted by Gasteiger charge is -2.24. The van der Waals surface area contributed by atoms with E-state index in [1.165, 1.54) is 12.8 Å². The Hall–Kier alpha value is -3.22. The molecule has 1 heterocycles. The van der Waals surface area contributed by atoms with E-state index in [1.54, 1.807) is 12.0 Å². The molecular weight excluding hydrogens is 456 g/mol. The monoisotopic (exact) mass is 494 g/mol. The van der Waals surface area contributed by atoms with Crippen LogP contribution in [0.2, 0.25) is 0 Å². The number of hydrogen-bond acceptors (Lipinski definition) is 5. The lowest BCUT2D eigenvalue weighted by molar-refractivity contribution is -0.125. The van der Waals surface area contributed by atoms with E-state index < -0.39 is 17.6 Å². The van der Waals surface area contributed by atoms with Gasteiger partial charge in [0.25, 0.3) is 0 Å². The zero-order chi connectivity index (χ0) is 25.7. The minimum atomic E-state index is -0.608. The number of rotatable bonds is 7. The van der Waals surface area contributed by atoms with E-state index >= 15 is 0 Å². The second-order valence-corrected chi connectivity index (χ2v) is 10.7. The highest BCUT2D eigenvalue weighted by molar-refractivity contribution is 5.82. The second-order valence-electron chi connectivity index (χ2n) is 10.7. The van der Waals surface area contributed by atoms with Gasteiger partial charge in [-0.05, 0) is 69.7 Å². The van der Waals surface area contributed by atoms with E-state index in [4.69, 9.17) is 14.2 Å². The topological polar surface area (TPSA) is 77.1 Å². The number of methoxy groups -OCH3 is 1. The second kappa shape index (κ2) is 11.2. The summed E-state index contributed by atoms with van der Waals surface area (Å²) < 4.78 is 17.5. The van der Waals surface area contributed by atoms with Crippen molar-refractivity contribution in [2.45, 2.75) is 70.6 Å². The number of ether oxygens (including phenoxy) is 3. The molecule has 0 spiro atoms. The number of amides is 2. The zero-order valence-electron chi connectivity index (χ0n) is 21.8. The van der Waals surface area contributed by atoms with Crippen LogP contribution in [-0.4, -0.2) is 48.8 Å². The lowest BCUT2D eigenvalue weighted by atomic mass is 9.88. The summed E-state index contributed by atoms with van der Waals surface area (Å²) in [7, 11) is 1.64. The maximum atomic E-state index is 13.4. The van der Waals surface area contributed by atoms with Crippen molar-refractivity contribution < 1.29 is 23.8 Å². The largest absolute Gasteiger partial charge is 0.493 e. The number of nitrogens with zero attached hydrogens (tertiary/aromatic N) is 1. The summed E-state index contributed by atoms with van der Waals surface area (Å²) in [4.78, 5) is 28.0. The fourth-order valence-corrected chi connectivity index (χ4v) is 5.00. The predicted octanol–water partition coefficient (Wildman–Crippen LogP) is 5.28. The maximum Gasteiger partial charge on any atom is 0.410 e. The van der Waals surface area contributed by atoms with Gasteiger partial charge < -0.3 is 24.4 Å². The first-order chi connectivity index (χ1) is 17.2. The van der Waals surface area contributed by atoms with Crippen molar-refractivity contribution in [3.63, 3.8) is 0 Å². The molecule has 7 heteroatoms. The Kier molecular flexibility index (Phi) is 8.07. The molecule has 0 bridgehead atoms. The Morgan fingerprint density at radius 2 is 1.72 bits per heavy atom. The smallest absolute Gasteiger partial charge is 0.410 e. The maximum absolute atomic E-state index is 13.4. The van der Waals surface area contributed by atoms with Gasteiger partial charge in [-0.1, -0.05) is 36.4 Å². The average molecular weight is 495 g/mol. The van der Waals surface area contributed by atoms with Crippen LogP contribution >= 0.6 is 0 Å². The van der Waals surface area contributed by atoms with Crippen LogP contribution < -0.4 is 14.8 Å². The Bertz CT molecular complexity index is 1040. The molecule has 1 aliphatic carbocycles. The molecule has 36 heavy (non-hydrogen) atoms. The van der Waals surface area contributed by atoms with Gasteiger partial charge in [0.15, 0.2) is 11.5 Å². The molecule has 7 nitrogen and oxygen atoms in total. The third-order valence-electron chi connectivity index (χ3n) is 6.83. The van der Waals surface area contributed by atoms with Crippen molar-refractivity contribution in [2.75, 3.05) is 20.2 Å². The number of carbonyl (C=O) groups is 2. The zero-order valence-corrected chi connectivity index (χ0v) is 21.8. The average Bonchev–Trinajstić information content (AvgIpc) is 3.52. The molecule has 0 aromatic heterocycles. The van der Waals surface area contributed by atoms with Crippen LogP contribution in [0, 0.1) is 5.92 Å². The first kappa shape index (κ1) is 25.9.